The number of benzene rings is 2. The first-order valence-electron chi connectivity index (χ1n) is 9.40. The fourth-order valence-corrected chi connectivity index (χ4v) is 3.92. The van der Waals surface area contributed by atoms with Crippen LogP contribution in [-0.2, 0) is 4.79 Å². The Morgan fingerprint density at radius 3 is 2.67 bits per heavy atom. The first-order chi connectivity index (χ1) is 13.1. The van der Waals surface area contributed by atoms with E-state index < -0.39 is 12.6 Å². The average Bonchev–Trinajstić information content (AvgIpc) is 3.17. The van der Waals surface area contributed by atoms with Crippen LogP contribution < -0.4 is 4.74 Å². The molecule has 2 unspecified atom stereocenters. The zero-order valence-electron chi connectivity index (χ0n) is 15.5. The van der Waals surface area contributed by atoms with Crippen LogP contribution in [0.1, 0.15) is 48.0 Å². The molecule has 5 heteroatoms. The molecule has 27 heavy (non-hydrogen) atoms. The first kappa shape index (κ1) is 19.0. The number of carboxylic acid groups (broad SMARTS) is 1. The highest BCUT2D eigenvalue weighted by molar-refractivity contribution is 5.95. The lowest BCUT2D eigenvalue weighted by Crippen LogP contribution is -2.39. The largest absolute Gasteiger partial charge is 0.482 e. The van der Waals surface area contributed by atoms with Gasteiger partial charge in [-0.25, -0.2) is 4.79 Å². The summed E-state index contributed by atoms with van der Waals surface area (Å²) < 4.78 is 5.22. The van der Waals surface area contributed by atoms with E-state index in [0.29, 0.717) is 17.2 Å². The van der Waals surface area contributed by atoms with Gasteiger partial charge in [0.15, 0.2) is 6.61 Å². The number of nitrogens with zero attached hydrogens (tertiary/aromatic N) is 1. The number of carbonyl (C=O) groups excluding carboxylic acids is 1. The number of carbonyl (C=O) groups is 2. The van der Waals surface area contributed by atoms with Gasteiger partial charge >= 0.3 is 5.97 Å². The number of likely N-dealkylation sites (tertiary alicyclic amines) is 1. The van der Waals surface area contributed by atoms with Gasteiger partial charge < -0.3 is 14.7 Å². The second kappa shape index (κ2) is 8.71. The van der Waals surface area contributed by atoms with Crippen molar-refractivity contribution >= 4 is 11.9 Å². The highest BCUT2D eigenvalue weighted by Gasteiger charge is 2.35. The minimum Gasteiger partial charge on any atom is -0.482 e. The Morgan fingerprint density at radius 1 is 1.19 bits per heavy atom. The van der Waals surface area contributed by atoms with Crippen LogP contribution in [0.25, 0.3) is 0 Å². The van der Waals surface area contributed by atoms with Crippen molar-refractivity contribution < 1.29 is 19.4 Å². The van der Waals surface area contributed by atoms with E-state index in [1.54, 1.807) is 24.3 Å². The van der Waals surface area contributed by atoms with Crippen molar-refractivity contribution in [1.82, 2.24) is 4.90 Å². The molecule has 0 aromatic heterocycles. The van der Waals surface area contributed by atoms with E-state index in [-0.39, 0.29) is 11.9 Å². The Hall–Kier alpha value is -2.82. The van der Waals surface area contributed by atoms with Crippen LogP contribution >= 0.6 is 0 Å². The van der Waals surface area contributed by atoms with Crippen LogP contribution in [0, 0.1) is 0 Å². The molecule has 1 aliphatic rings. The highest BCUT2D eigenvalue weighted by Crippen LogP contribution is 2.34. The smallest absolute Gasteiger partial charge is 0.341 e. The third-order valence-corrected chi connectivity index (χ3v) is 5.14. The lowest BCUT2D eigenvalue weighted by molar-refractivity contribution is -0.139. The molecule has 1 fully saturated rings. The van der Waals surface area contributed by atoms with Gasteiger partial charge in [0.2, 0.25) is 0 Å². The van der Waals surface area contributed by atoms with Crippen LogP contribution in [0.15, 0.2) is 54.6 Å². The second-order valence-corrected chi connectivity index (χ2v) is 6.84. The number of amides is 1. The summed E-state index contributed by atoms with van der Waals surface area (Å²) in [6.07, 6.45) is 2.96. The quantitative estimate of drug-likeness (QED) is 0.805. The molecule has 5 nitrogen and oxygen atoms in total. The van der Waals surface area contributed by atoms with Gasteiger partial charge in [0, 0.05) is 24.1 Å². The molecular formula is C22H25NO4. The van der Waals surface area contributed by atoms with Crippen LogP contribution in [-0.4, -0.2) is 41.1 Å². The molecule has 2 atom stereocenters. The van der Waals surface area contributed by atoms with Gasteiger partial charge in [-0.15, -0.1) is 0 Å². The van der Waals surface area contributed by atoms with Gasteiger partial charge in [-0.05, 0) is 43.0 Å². The molecule has 0 spiro atoms. The molecule has 1 aliphatic heterocycles. The van der Waals surface area contributed by atoms with Gasteiger partial charge in [-0.1, -0.05) is 43.3 Å². The zero-order valence-corrected chi connectivity index (χ0v) is 15.5. The molecule has 0 bridgehead atoms. The molecular weight excluding hydrogens is 342 g/mol. The average molecular weight is 367 g/mol. The monoisotopic (exact) mass is 367 g/mol. The molecule has 2 aromatic rings. The summed E-state index contributed by atoms with van der Waals surface area (Å²) in [7, 11) is 0. The van der Waals surface area contributed by atoms with E-state index >= 15 is 0 Å². The van der Waals surface area contributed by atoms with Crippen molar-refractivity contribution in [3.63, 3.8) is 0 Å². The van der Waals surface area contributed by atoms with E-state index in [0.717, 1.165) is 25.8 Å². The van der Waals surface area contributed by atoms with Crippen molar-refractivity contribution in [2.45, 2.75) is 38.1 Å². The van der Waals surface area contributed by atoms with Crippen molar-refractivity contribution in [1.29, 1.82) is 0 Å². The Bertz CT molecular complexity index is 790. The van der Waals surface area contributed by atoms with E-state index in [1.165, 1.54) is 5.56 Å². The third-order valence-electron chi connectivity index (χ3n) is 5.14. The molecule has 1 amide bonds. The second-order valence-electron chi connectivity index (χ2n) is 6.84. The topological polar surface area (TPSA) is 66.8 Å². The molecule has 1 saturated heterocycles. The number of hydrogen-bond donors (Lipinski definition) is 1. The first-order valence-corrected chi connectivity index (χ1v) is 9.40. The molecule has 3 rings (SSSR count). The molecule has 1 heterocycles. The van der Waals surface area contributed by atoms with Crippen LogP contribution in [0.3, 0.4) is 0 Å². The minimum absolute atomic E-state index is 0.0207. The normalized spacial score (nSPS) is 17.5. The fourth-order valence-electron chi connectivity index (χ4n) is 3.92. The van der Waals surface area contributed by atoms with Crippen LogP contribution in [0.4, 0.5) is 0 Å². The third kappa shape index (κ3) is 4.48. The SMILES string of the molecule is CCC(c1ccccc1)C1CCCN1C(=O)c1cccc(OCC(=O)O)c1. The molecule has 1 N–H and O–H groups in total. The number of aliphatic carboxylic acids is 1. The van der Waals surface area contributed by atoms with Crippen LogP contribution in [0.2, 0.25) is 0 Å². The maximum Gasteiger partial charge on any atom is 0.341 e. The number of carboxylic acids is 1. The minimum atomic E-state index is -1.04. The van der Waals surface area contributed by atoms with E-state index in [4.69, 9.17) is 9.84 Å². The van der Waals surface area contributed by atoms with Gasteiger partial charge in [-0.2, -0.15) is 0 Å². The van der Waals surface area contributed by atoms with E-state index in [1.807, 2.05) is 23.1 Å². The predicted molar refractivity (Wildman–Crippen MR) is 103 cm³/mol. The molecule has 0 aliphatic carbocycles. The Balaban J connectivity index is 1.79. The number of ether oxygens (including phenoxy) is 1. The Morgan fingerprint density at radius 2 is 1.96 bits per heavy atom. The highest BCUT2D eigenvalue weighted by atomic mass is 16.5. The molecule has 142 valence electrons. The molecule has 2 aromatic carbocycles. The number of rotatable bonds is 7. The fraction of sp³-hybridized carbons (Fsp3) is 0.364. The summed E-state index contributed by atoms with van der Waals surface area (Å²) >= 11 is 0. The van der Waals surface area contributed by atoms with E-state index in [2.05, 4.69) is 19.1 Å². The maximum atomic E-state index is 13.2. The van der Waals surface area contributed by atoms with E-state index in [9.17, 15) is 9.59 Å². The predicted octanol–water partition coefficient (Wildman–Crippen LogP) is 3.95. The summed E-state index contributed by atoms with van der Waals surface area (Å²) in [6.45, 7) is 2.49. The lowest BCUT2D eigenvalue weighted by Gasteiger charge is -2.32. The zero-order chi connectivity index (χ0) is 19.2. The van der Waals surface area contributed by atoms with Gasteiger partial charge in [0.25, 0.3) is 5.91 Å². The van der Waals surface area contributed by atoms with Gasteiger partial charge in [0.05, 0.1) is 0 Å². The Labute approximate surface area is 159 Å². The van der Waals surface area contributed by atoms with Crippen molar-refractivity contribution in [2.75, 3.05) is 13.2 Å². The van der Waals surface area contributed by atoms with Crippen LogP contribution in [0.5, 0.6) is 5.75 Å². The summed E-state index contributed by atoms with van der Waals surface area (Å²) in [4.78, 5) is 25.8. The van der Waals surface area contributed by atoms with Crippen molar-refractivity contribution in [3.05, 3.63) is 65.7 Å². The molecule has 0 saturated carbocycles. The lowest BCUT2D eigenvalue weighted by atomic mass is 9.87. The standard InChI is InChI=1S/C22H25NO4/c1-2-19(16-8-4-3-5-9-16)20-12-7-13-23(20)22(26)17-10-6-11-18(14-17)27-15-21(24)25/h3-6,8-11,14,19-20H,2,7,12-13,15H2,1H3,(H,24,25). The summed E-state index contributed by atoms with van der Waals surface area (Å²) in [5.41, 5.74) is 1.80. The van der Waals surface area contributed by atoms with Gasteiger partial charge in [0.1, 0.15) is 5.75 Å². The summed E-state index contributed by atoms with van der Waals surface area (Å²) in [6, 6.07) is 17.3. The van der Waals surface area contributed by atoms with Crippen molar-refractivity contribution in [3.8, 4) is 5.75 Å². The maximum absolute atomic E-state index is 13.2. The number of hydrogen-bond acceptors (Lipinski definition) is 3. The summed E-state index contributed by atoms with van der Waals surface area (Å²) in [5, 5.41) is 8.76. The summed E-state index contributed by atoms with van der Waals surface area (Å²) in [5.74, 6) is -0.356. The molecule has 0 radical (unpaired) electrons. The van der Waals surface area contributed by atoms with Crippen molar-refractivity contribution in [2.24, 2.45) is 0 Å². The van der Waals surface area contributed by atoms with Gasteiger partial charge in [-0.3, -0.25) is 4.79 Å². The Kier molecular flexibility index (Phi) is 6.12.